The molecule has 0 radical (unpaired) electrons. The van der Waals surface area contributed by atoms with Crippen molar-refractivity contribution in [3.63, 3.8) is 0 Å². The summed E-state index contributed by atoms with van der Waals surface area (Å²) in [5.41, 5.74) is 0. The molecule has 1 saturated carbocycles. The number of phosphoric ester groups is 1. The van der Waals surface area contributed by atoms with Crippen molar-refractivity contribution in [2.75, 3.05) is 19.8 Å². The molecule has 0 spiro atoms. The van der Waals surface area contributed by atoms with Gasteiger partial charge in [0.2, 0.25) is 0 Å². The number of esters is 1. The van der Waals surface area contributed by atoms with Gasteiger partial charge in [-0.25, -0.2) is 4.57 Å². The molecule has 0 aliphatic heterocycles. The molecule has 0 heterocycles. The zero-order valence-electron chi connectivity index (χ0n) is 46.8. The van der Waals surface area contributed by atoms with Crippen molar-refractivity contribution in [1.29, 1.82) is 0 Å². The van der Waals surface area contributed by atoms with E-state index in [1.807, 2.05) is 0 Å². The lowest BCUT2D eigenvalue weighted by molar-refractivity contribution is -0.220. The van der Waals surface area contributed by atoms with Crippen molar-refractivity contribution in [2.45, 2.75) is 352 Å². The highest BCUT2D eigenvalue weighted by Crippen LogP contribution is 2.47. The Hall–Kier alpha value is -0.660. The summed E-state index contributed by atoms with van der Waals surface area (Å²) < 4.78 is 34.5. The van der Waals surface area contributed by atoms with E-state index in [2.05, 4.69) is 13.8 Å². The number of ether oxygens (including phenoxy) is 2. The molecule has 0 bridgehead atoms. The molecule has 0 aromatic rings. The van der Waals surface area contributed by atoms with Crippen LogP contribution in [-0.2, 0) is 27.9 Å². The summed E-state index contributed by atoms with van der Waals surface area (Å²) in [6.07, 6.45) is 46.1. The standard InChI is InChI=1S/C59H117O12P/c1-3-5-7-9-11-13-15-17-19-21-23-25-26-27-28-29-30-32-34-36-38-40-42-44-46-48-53(60)70-52(51-69-72(66,67)71-59-57(64)55(62)54(61)56(63)58(59)65)50-68-49-47-45-43-41-39-37-35-33-31-24-22-20-18-16-14-12-10-8-6-4-2/h52,54-59,61-65H,3-51H2,1-2H3,(H,66,67)/t52-,54?,55-,56?,57?,58?,59?/m1/s1. The molecule has 1 fully saturated rings. The lowest BCUT2D eigenvalue weighted by Crippen LogP contribution is -2.64. The Morgan fingerprint density at radius 2 is 0.653 bits per heavy atom. The Morgan fingerprint density at radius 3 is 0.958 bits per heavy atom. The number of carbonyl (C=O) groups excluding carboxylic acids is 1. The van der Waals surface area contributed by atoms with E-state index in [1.165, 1.54) is 244 Å². The molecule has 8 atom stereocenters. The second-order valence-electron chi connectivity index (χ2n) is 21.9. The van der Waals surface area contributed by atoms with Gasteiger partial charge in [0.25, 0.3) is 0 Å². The minimum atomic E-state index is -5.02. The zero-order valence-corrected chi connectivity index (χ0v) is 47.7. The van der Waals surface area contributed by atoms with Gasteiger partial charge in [-0.05, 0) is 12.8 Å². The summed E-state index contributed by atoms with van der Waals surface area (Å²) in [6.45, 7) is 4.35. The molecule has 0 saturated heterocycles. The molecule has 13 heteroatoms. The fourth-order valence-electron chi connectivity index (χ4n) is 10.1. The van der Waals surface area contributed by atoms with Crippen LogP contribution in [0.2, 0.25) is 0 Å². The predicted molar refractivity (Wildman–Crippen MR) is 295 cm³/mol. The third-order valence-electron chi connectivity index (χ3n) is 15.0. The average molecular weight is 1050 g/mol. The molecular formula is C59H117O12P. The van der Waals surface area contributed by atoms with Gasteiger partial charge in [-0.2, -0.15) is 0 Å². The Kier molecular flexibility index (Phi) is 48.0. The van der Waals surface area contributed by atoms with Crippen LogP contribution in [-0.4, -0.2) is 98.9 Å². The normalized spacial score (nSPS) is 20.5. The van der Waals surface area contributed by atoms with Crippen molar-refractivity contribution >= 4 is 13.8 Å². The molecule has 1 aliphatic carbocycles. The van der Waals surface area contributed by atoms with E-state index >= 15 is 0 Å². The summed E-state index contributed by atoms with van der Waals surface area (Å²) in [4.78, 5) is 23.4. The van der Waals surface area contributed by atoms with Crippen molar-refractivity contribution in [1.82, 2.24) is 0 Å². The van der Waals surface area contributed by atoms with Gasteiger partial charge in [-0.15, -0.1) is 0 Å². The van der Waals surface area contributed by atoms with E-state index < -0.39 is 63.1 Å². The van der Waals surface area contributed by atoms with Crippen molar-refractivity contribution in [3.05, 3.63) is 0 Å². The van der Waals surface area contributed by atoms with E-state index in [1.54, 1.807) is 0 Å². The minimum absolute atomic E-state index is 0.0668. The Bertz CT molecular complexity index is 1200. The molecular weight excluding hydrogens is 932 g/mol. The summed E-state index contributed by atoms with van der Waals surface area (Å²) in [5.74, 6) is -0.466. The largest absolute Gasteiger partial charge is 0.472 e. The first-order valence-electron chi connectivity index (χ1n) is 30.9. The minimum Gasteiger partial charge on any atom is -0.457 e. The van der Waals surface area contributed by atoms with Crippen molar-refractivity contribution in [3.8, 4) is 0 Å². The smallest absolute Gasteiger partial charge is 0.457 e. The SMILES string of the molecule is CCCCCCCCCCCCCCCCCCCCCCCCCCCC(=O)O[C@H](COCCCCCCCCCCCCCCCCCCCCCC)COP(=O)(O)OC1C(O)C(O)C(O)[C@@H](O)C1O. The number of carbonyl (C=O) groups is 1. The maximum Gasteiger partial charge on any atom is 0.472 e. The van der Waals surface area contributed by atoms with Gasteiger partial charge in [0.1, 0.15) is 42.7 Å². The maximum atomic E-state index is 12.9. The fourth-order valence-corrected chi connectivity index (χ4v) is 11.1. The van der Waals surface area contributed by atoms with Gasteiger partial charge in [0, 0.05) is 13.0 Å². The van der Waals surface area contributed by atoms with Crippen LogP contribution >= 0.6 is 7.82 Å². The lowest BCUT2D eigenvalue weighted by Gasteiger charge is -2.41. The number of phosphoric acid groups is 1. The molecule has 72 heavy (non-hydrogen) atoms. The van der Waals surface area contributed by atoms with Crippen LogP contribution in [0, 0.1) is 0 Å². The van der Waals surface area contributed by atoms with E-state index in [0.29, 0.717) is 13.0 Å². The van der Waals surface area contributed by atoms with Gasteiger partial charge >= 0.3 is 13.8 Å². The van der Waals surface area contributed by atoms with Gasteiger partial charge in [-0.3, -0.25) is 13.8 Å². The molecule has 6 N–H and O–H groups in total. The zero-order chi connectivity index (χ0) is 52.6. The molecule has 0 amide bonds. The fraction of sp³-hybridized carbons (Fsp3) is 0.983. The third kappa shape index (κ3) is 40.6. The van der Waals surface area contributed by atoms with E-state index in [0.717, 1.165) is 38.5 Å². The first-order chi connectivity index (χ1) is 35.0. The Labute approximate surface area is 442 Å². The predicted octanol–water partition coefficient (Wildman–Crippen LogP) is 15.2. The molecule has 0 aromatic heterocycles. The monoisotopic (exact) mass is 1050 g/mol. The van der Waals surface area contributed by atoms with Gasteiger partial charge in [-0.1, -0.05) is 290 Å². The first-order valence-corrected chi connectivity index (χ1v) is 32.4. The molecule has 0 aromatic carbocycles. The number of hydrogen-bond donors (Lipinski definition) is 6. The lowest BCUT2D eigenvalue weighted by atomic mass is 9.85. The van der Waals surface area contributed by atoms with Crippen LogP contribution in [0.4, 0.5) is 0 Å². The highest BCUT2D eigenvalue weighted by molar-refractivity contribution is 7.47. The van der Waals surface area contributed by atoms with Gasteiger partial charge < -0.3 is 39.9 Å². The van der Waals surface area contributed by atoms with E-state index in [4.69, 9.17) is 18.5 Å². The van der Waals surface area contributed by atoms with E-state index in [-0.39, 0.29) is 13.0 Å². The van der Waals surface area contributed by atoms with E-state index in [9.17, 15) is 39.8 Å². The molecule has 1 rings (SSSR count). The number of unbranched alkanes of at least 4 members (excludes halogenated alkanes) is 43. The second kappa shape index (κ2) is 49.9. The molecule has 6 unspecified atom stereocenters. The quantitative estimate of drug-likeness (QED) is 0.0192. The summed E-state index contributed by atoms with van der Waals surface area (Å²) in [5, 5.41) is 50.5. The van der Waals surface area contributed by atoms with Crippen LogP contribution in [0.1, 0.15) is 309 Å². The third-order valence-corrected chi connectivity index (χ3v) is 16.0. The summed E-state index contributed by atoms with van der Waals surface area (Å²) in [7, 11) is -5.02. The summed E-state index contributed by atoms with van der Waals surface area (Å²) in [6, 6.07) is 0. The molecule has 12 nitrogen and oxygen atoms in total. The summed E-state index contributed by atoms with van der Waals surface area (Å²) >= 11 is 0. The number of aliphatic hydroxyl groups excluding tert-OH is 5. The number of aliphatic hydroxyl groups is 5. The Balaban J connectivity index is 2.22. The average Bonchev–Trinajstić information content (AvgIpc) is 3.37. The van der Waals surface area contributed by atoms with Crippen LogP contribution in [0.15, 0.2) is 0 Å². The number of hydrogen-bond acceptors (Lipinski definition) is 11. The highest BCUT2D eigenvalue weighted by Gasteiger charge is 2.51. The number of rotatable bonds is 55. The first kappa shape index (κ1) is 69.4. The van der Waals surface area contributed by atoms with Crippen LogP contribution in [0.5, 0.6) is 0 Å². The Morgan fingerprint density at radius 1 is 0.389 bits per heavy atom. The second-order valence-corrected chi connectivity index (χ2v) is 23.3. The molecule has 1 aliphatic rings. The molecule has 430 valence electrons. The van der Waals surface area contributed by atoms with Gasteiger partial charge in [0.05, 0.1) is 13.2 Å². The topological polar surface area (TPSA) is 192 Å². The highest BCUT2D eigenvalue weighted by atomic mass is 31.2. The van der Waals surface area contributed by atoms with Crippen molar-refractivity contribution < 1.29 is 58.3 Å². The van der Waals surface area contributed by atoms with Crippen LogP contribution in [0.3, 0.4) is 0 Å². The van der Waals surface area contributed by atoms with Crippen LogP contribution in [0.25, 0.3) is 0 Å². The van der Waals surface area contributed by atoms with Crippen LogP contribution < -0.4 is 0 Å². The maximum absolute atomic E-state index is 12.9. The van der Waals surface area contributed by atoms with Crippen molar-refractivity contribution in [2.24, 2.45) is 0 Å². The van der Waals surface area contributed by atoms with Gasteiger partial charge in [0.15, 0.2) is 0 Å².